The van der Waals surface area contributed by atoms with Crippen LogP contribution in [0.1, 0.15) is 35.6 Å². The first-order valence-electron chi connectivity index (χ1n) is 9.00. The topological polar surface area (TPSA) is 6.48 Å². The first-order valence-corrected chi connectivity index (χ1v) is 9.00. The summed E-state index contributed by atoms with van der Waals surface area (Å²) in [6.07, 6.45) is 3.55. The quantitative estimate of drug-likeness (QED) is 0.827. The van der Waals surface area contributed by atoms with Crippen LogP contribution < -0.4 is 0 Å². The van der Waals surface area contributed by atoms with Gasteiger partial charge in [0.25, 0.3) is 0 Å². The molecule has 2 aliphatic heterocycles. The maximum Gasteiger partial charge on any atom is 0.123 e. The van der Waals surface area contributed by atoms with E-state index in [1.165, 1.54) is 42.6 Å². The Morgan fingerprint density at radius 2 is 1.62 bits per heavy atom. The molecule has 2 nitrogen and oxygen atoms in total. The van der Waals surface area contributed by atoms with Gasteiger partial charge in [-0.1, -0.05) is 36.4 Å². The summed E-state index contributed by atoms with van der Waals surface area (Å²) >= 11 is 0. The number of hydrogen-bond acceptors (Lipinski definition) is 2. The Kier molecular flexibility index (Phi) is 4.38. The number of rotatable bonds is 2. The minimum Gasteiger partial charge on any atom is -0.306 e. The Hall–Kier alpha value is -1.71. The van der Waals surface area contributed by atoms with Crippen LogP contribution in [0.2, 0.25) is 0 Å². The van der Waals surface area contributed by atoms with Crippen molar-refractivity contribution >= 4 is 0 Å². The summed E-state index contributed by atoms with van der Waals surface area (Å²) in [4.78, 5) is 5.09. The molecule has 0 bridgehead atoms. The highest BCUT2D eigenvalue weighted by Gasteiger charge is 2.34. The SMILES string of the molecule is CN1CCC(N2CCc3ccccc3[C@@H]2c2ccc(F)cc2)CC1. The zero-order valence-electron chi connectivity index (χ0n) is 14.3. The third-order valence-electron chi connectivity index (χ3n) is 5.66. The molecule has 2 aromatic carbocycles. The number of piperidine rings is 1. The number of benzene rings is 2. The van der Waals surface area contributed by atoms with Gasteiger partial charge in [-0.15, -0.1) is 0 Å². The van der Waals surface area contributed by atoms with Gasteiger partial charge in [0.2, 0.25) is 0 Å². The van der Waals surface area contributed by atoms with Gasteiger partial charge < -0.3 is 4.90 Å². The zero-order valence-corrected chi connectivity index (χ0v) is 14.3. The van der Waals surface area contributed by atoms with Crippen molar-refractivity contribution in [1.82, 2.24) is 9.80 Å². The van der Waals surface area contributed by atoms with Gasteiger partial charge in [0.1, 0.15) is 5.82 Å². The van der Waals surface area contributed by atoms with E-state index in [1.54, 1.807) is 12.1 Å². The van der Waals surface area contributed by atoms with Crippen LogP contribution in [0.15, 0.2) is 48.5 Å². The summed E-state index contributed by atoms with van der Waals surface area (Å²) in [5.74, 6) is -0.159. The molecule has 2 aliphatic rings. The highest BCUT2D eigenvalue weighted by molar-refractivity contribution is 5.40. The van der Waals surface area contributed by atoms with Gasteiger partial charge in [0, 0.05) is 12.6 Å². The lowest BCUT2D eigenvalue weighted by molar-refractivity contribution is 0.0892. The van der Waals surface area contributed by atoms with Crippen LogP contribution in [-0.2, 0) is 6.42 Å². The smallest absolute Gasteiger partial charge is 0.123 e. The minimum absolute atomic E-state index is 0.159. The average molecular weight is 324 g/mol. The second kappa shape index (κ2) is 6.66. The van der Waals surface area contributed by atoms with Crippen LogP contribution >= 0.6 is 0 Å². The van der Waals surface area contributed by atoms with E-state index >= 15 is 0 Å². The normalized spacial score (nSPS) is 23.2. The fourth-order valence-corrected chi connectivity index (χ4v) is 4.32. The number of halogens is 1. The van der Waals surface area contributed by atoms with E-state index < -0.39 is 0 Å². The molecule has 1 atom stereocenters. The molecule has 2 aromatic rings. The molecule has 4 rings (SSSR count). The number of likely N-dealkylation sites (tertiary alicyclic amines) is 1. The van der Waals surface area contributed by atoms with Crippen LogP contribution in [-0.4, -0.2) is 42.5 Å². The van der Waals surface area contributed by atoms with E-state index in [0.29, 0.717) is 6.04 Å². The van der Waals surface area contributed by atoms with Gasteiger partial charge in [-0.2, -0.15) is 0 Å². The third-order valence-corrected chi connectivity index (χ3v) is 5.66. The van der Waals surface area contributed by atoms with Crippen molar-refractivity contribution in [3.8, 4) is 0 Å². The highest BCUT2D eigenvalue weighted by atomic mass is 19.1. The largest absolute Gasteiger partial charge is 0.306 e. The lowest BCUT2D eigenvalue weighted by Crippen LogP contribution is -2.48. The maximum absolute atomic E-state index is 13.4. The molecule has 3 heteroatoms. The second-order valence-corrected chi connectivity index (χ2v) is 7.18. The molecule has 0 saturated carbocycles. The summed E-state index contributed by atoms with van der Waals surface area (Å²) in [6, 6.07) is 16.8. The Morgan fingerprint density at radius 3 is 2.38 bits per heavy atom. The van der Waals surface area contributed by atoms with Crippen LogP contribution in [0.25, 0.3) is 0 Å². The van der Waals surface area contributed by atoms with Crippen molar-refractivity contribution in [2.24, 2.45) is 0 Å². The number of nitrogens with zero attached hydrogens (tertiary/aromatic N) is 2. The molecule has 1 fully saturated rings. The third kappa shape index (κ3) is 2.99. The van der Waals surface area contributed by atoms with Gasteiger partial charge in [0.05, 0.1) is 6.04 Å². The molecular weight excluding hydrogens is 299 g/mol. The fourth-order valence-electron chi connectivity index (χ4n) is 4.32. The standard InChI is InChI=1S/C21H25FN2/c1-23-13-11-19(12-14-23)24-15-10-16-4-2-3-5-20(16)21(24)17-6-8-18(22)9-7-17/h2-9,19,21H,10-15H2,1H3/t21-/m0/s1. The minimum atomic E-state index is -0.159. The molecule has 126 valence electrons. The predicted octanol–water partition coefficient (Wildman–Crippen LogP) is 3.87. The van der Waals surface area contributed by atoms with E-state index in [-0.39, 0.29) is 11.9 Å². The Bertz CT molecular complexity index is 689. The summed E-state index contributed by atoms with van der Waals surface area (Å²) in [6.45, 7) is 3.42. The molecule has 2 heterocycles. The van der Waals surface area contributed by atoms with Gasteiger partial charge in [-0.05, 0) is 68.2 Å². The molecular formula is C21H25FN2. The van der Waals surface area contributed by atoms with Crippen molar-refractivity contribution < 1.29 is 4.39 Å². The highest BCUT2D eigenvalue weighted by Crippen LogP contribution is 2.38. The fraction of sp³-hybridized carbons (Fsp3) is 0.429. The monoisotopic (exact) mass is 324 g/mol. The van der Waals surface area contributed by atoms with Crippen molar-refractivity contribution in [2.45, 2.75) is 31.3 Å². The predicted molar refractivity (Wildman–Crippen MR) is 95.6 cm³/mol. The average Bonchev–Trinajstić information content (AvgIpc) is 2.62. The Morgan fingerprint density at radius 1 is 0.917 bits per heavy atom. The molecule has 1 saturated heterocycles. The number of fused-ring (bicyclic) bond motifs is 1. The summed E-state index contributed by atoms with van der Waals surface area (Å²) in [7, 11) is 2.21. The van der Waals surface area contributed by atoms with Gasteiger partial charge in [-0.25, -0.2) is 4.39 Å². The van der Waals surface area contributed by atoms with Crippen molar-refractivity contribution in [1.29, 1.82) is 0 Å². The lowest BCUT2D eigenvalue weighted by atomic mass is 9.86. The first-order chi connectivity index (χ1) is 11.7. The molecule has 0 spiro atoms. The summed E-state index contributed by atoms with van der Waals surface area (Å²) in [5, 5.41) is 0. The molecule has 0 amide bonds. The van der Waals surface area contributed by atoms with Gasteiger partial charge >= 0.3 is 0 Å². The van der Waals surface area contributed by atoms with Crippen molar-refractivity contribution in [3.05, 3.63) is 71.0 Å². The first kappa shape index (κ1) is 15.8. The lowest BCUT2D eigenvalue weighted by Gasteiger charge is -2.45. The van der Waals surface area contributed by atoms with Crippen LogP contribution in [0.5, 0.6) is 0 Å². The number of hydrogen-bond donors (Lipinski definition) is 0. The van der Waals surface area contributed by atoms with E-state index in [1.807, 2.05) is 12.1 Å². The molecule has 0 aliphatic carbocycles. The van der Waals surface area contributed by atoms with Crippen molar-refractivity contribution in [2.75, 3.05) is 26.7 Å². The summed E-state index contributed by atoms with van der Waals surface area (Å²) < 4.78 is 13.4. The molecule has 0 aromatic heterocycles. The van der Waals surface area contributed by atoms with Crippen LogP contribution in [0, 0.1) is 5.82 Å². The zero-order chi connectivity index (χ0) is 16.5. The molecule has 0 N–H and O–H groups in total. The van der Waals surface area contributed by atoms with Crippen LogP contribution in [0.3, 0.4) is 0 Å². The molecule has 0 radical (unpaired) electrons. The van der Waals surface area contributed by atoms with Gasteiger partial charge in [-0.3, -0.25) is 4.90 Å². The molecule has 0 unspecified atom stereocenters. The van der Waals surface area contributed by atoms with Crippen LogP contribution in [0.4, 0.5) is 4.39 Å². The van der Waals surface area contributed by atoms with E-state index in [2.05, 4.69) is 41.1 Å². The van der Waals surface area contributed by atoms with Crippen molar-refractivity contribution in [3.63, 3.8) is 0 Å². The van der Waals surface area contributed by atoms with E-state index in [4.69, 9.17) is 0 Å². The maximum atomic E-state index is 13.4. The summed E-state index contributed by atoms with van der Waals surface area (Å²) in [5.41, 5.74) is 4.05. The second-order valence-electron chi connectivity index (χ2n) is 7.18. The van der Waals surface area contributed by atoms with Gasteiger partial charge in [0.15, 0.2) is 0 Å². The Labute approximate surface area is 143 Å². The van der Waals surface area contributed by atoms with E-state index in [9.17, 15) is 4.39 Å². The molecule has 24 heavy (non-hydrogen) atoms. The Balaban J connectivity index is 1.71. The van der Waals surface area contributed by atoms with E-state index in [0.717, 1.165) is 13.0 Å².